The van der Waals surface area contributed by atoms with Crippen LogP contribution in [0.15, 0.2) is 85.2 Å². The van der Waals surface area contributed by atoms with Gasteiger partial charge in [0.25, 0.3) is 0 Å². The smallest absolute Gasteiger partial charge is 0.174 e. The molecular weight excluding hydrogens is 456 g/mol. The summed E-state index contributed by atoms with van der Waals surface area (Å²) in [6, 6.07) is 22.3. The van der Waals surface area contributed by atoms with Crippen LogP contribution in [-0.2, 0) is 0 Å². The van der Waals surface area contributed by atoms with Gasteiger partial charge in [-0.3, -0.25) is 4.98 Å². The normalized spacial score (nSPS) is 17.8. The second kappa shape index (κ2) is 8.77. The Hall–Kier alpha value is -3.55. The topological polar surface area (TPSA) is 62.5 Å². The maximum atomic E-state index is 9.74. The molecule has 3 heterocycles. The summed E-state index contributed by atoms with van der Waals surface area (Å²) in [6.07, 6.45) is 3.78. The predicted molar refractivity (Wildman–Crippen MR) is 133 cm³/mol. The van der Waals surface area contributed by atoms with Crippen molar-refractivity contribution >= 4 is 34.6 Å². The van der Waals surface area contributed by atoms with E-state index in [1.807, 2.05) is 60.8 Å². The number of hydrogen-bond donors (Lipinski definition) is 2. The van der Waals surface area contributed by atoms with Crippen LogP contribution in [0.1, 0.15) is 23.5 Å². The molecule has 2 atom stereocenters. The molecule has 0 aliphatic carbocycles. The molecule has 0 amide bonds. The van der Waals surface area contributed by atoms with Gasteiger partial charge in [-0.25, -0.2) is 0 Å². The standard InChI is InChI=1S/C25H21ClN4O2S/c1-32-22-12-9-17(15-19(22)26)30-24(23(28-25(30)33)20-5-2-3-13-27-20)21-6-4-14-29(21)16-7-10-18(31)11-8-16/h2-15,23-24,31H,1H3,(H,28,33)/t23-,24+/m0/s1. The quantitative estimate of drug-likeness (QED) is 0.375. The first-order chi connectivity index (χ1) is 16.1. The van der Waals surface area contributed by atoms with E-state index >= 15 is 0 Å². The monoisotopic (exact) mass is 476 g/mol. The number of nitrogens with one attached hydrogen (secondary N) is 1. The number of pyridine rings is 1. The van der Waals surface area contributed by atoms with E-state index in [0.717, 1.165) is 22.8 Å². The van der Waals surface area contributed by atoms with Crippen molar-refractivity contribution in [3.63, 3.8) is 0 Å². The number of anilines is 1. The molecule has 6 nitrogen and oxygen atoms in total. The summed E-state index contributed by atoms with van der Waals surface area (Å²) in [7, 11) is 1.59. The zero-order valence-electron chi connectivity index (χ0n) is 17.7. The molecule has 33 heavy (non-hydrogen) atoms. The maximum Gasteiger partial charge on any atom is 0.174 e. The molecule has 0 saturated carbocycles. The number of nitrogens with zero attached hydrogens (tertiary/aromatic N) is 3. The third kappa shape index (κ3) is 3.90. The van der Waals surface area contributed by atoms with E-state index in [4.69, 9.17) is 28.6 Å². The highest BCUT2D eigenvalue weighted by Crippen LogP contribution is 2.43. The molecule has 0 bridgehead atoms. The first-order valence-corrected chi connectivity index (χ1v) is 11.2. The van der Waals surface area contributed by atoms with Gasteiger partial charge in [0.2, 0.25) is 0 Å². The van der Waals surface area contributed by atoms with E-state index in [9.17, 15) is 5.11 Å². The lowest BCUT2D eigenvalue weighted by Gasteiger charge is -2.29. The molecule has 0 unspecified atom stereocenters. The number of thiocarbonyl (C=S) groups is 1. The second-order valence-corrected chi connectivity index (χ2v) is 8.43. The number of phenols is 1. The van der Waals surface area contributed by atoms with Gasteiger partial charge in [-0.15, -0.1) is 0 Å². The molecule has 2 aromatic heterocycles. The van der Waals surface area contributed by atoms with Crippen molar-refractivity contribution < 1.29 is 9.84 Å². The van der Waals surface area contributed by atoms with Gasteiger partial charge < -0.3 is 24.6 Å². The van der Waals surface area contributed by atoms with Gasteiger partial charge in [0.05, 0.1) is 23.9 Å². The molecule has 2 aromatic carbocycles. The number of methoxy groups -OCH3 is 1. The second-order valence-electron chi connectivity index (χ2n) is 7.63. The van der Waals surface area contributed by atoms with Crippen LogP contribution in [0.3, 0.4) is 0 Å². The number of halogens is 1. The van der Waals surface area contributed by atoms with Crippen LogP contribution in [0.2, 0.25) is 5.02 Å². The maximum absolute atomic E-state index is 9.74. The molecule has 0 spiro atoms. The number of aromatic hydroxyl groups is 1. The molecule has 0 radical (unpaired) electrons. The van der Waals surface area contributed by atoms with Crippen LogP contribution in [0.5, 0.6) is 11.5 Å². The zero-order valence-corrected chi connectivity index (χ0v) is 19.3. The zero-order chi connectivity index (χ0) is 22.9. The van der Waals surface area contributed by atoms with Crippen LogP contribution < -0.4 is 15.0 Å². The molecule has 166 valence electrons. The number of benzene rings is 2. The highest BCUT2D eigenvalue weighted by molar-refractivity contribution is 7.80. The third-order valence-corrected chi connectivity index (χ3v) is 6.33. The van der Waals surface area contributed by atoms with Crippen molar-refractivity contribution in [3.05, 3.63) is 102 Å². The van der Waals surface area contributed by atoms with Gasteiger partial charge in [0.15, 0.2) is 5.11 Å². The first-order valence-electron chi connectivity index (χ1n) is 10.4. The SMILES string of the molecule is COc1ccc(N2C(=S)N[C@@H](c3ccccn3)[C@H]2c2cccn2-c2ccc(O)cc2)cc1Cl. The Labute approximate surface area is 202 Å². The van der Waals surface area contributed by atoms with Gasteiger partial charge in [0.1, 0.15) is 17.5 Å². The Kier molecular flexibility index (Phi) is 5.66. The van der Waals surface area contributed by atoms with Gasteiger partial charge in [-0.2, -0.15) is 0 Å². The van der Waals surface area contributed by atoms with Crippen LogP contribution in [0.25, 0.3) is 5.69 Å². The average Bonchev–Trinajstić information content (AvgIpc) is 3.44. The number of ether oxygens (including phenoxy) is 1. The predicted octanol–water partition coefficient (Wildman–Crippen LogP) is 5.42. The van der Waals surface area contributed by atoms with E-state index in [2.05, 4.69) is 25.8 Å². The molecule has 1 aliphatic heterocycles. The van der Waals surface area contributed by atoms with Crippen LogP contribution >= 0.6 is 23.8 Å². The summed E-state index contributed by atoms with van der Waals surface area (Å²) < 4.78 is 7.42. The first kappa shape index (κ1) is 21.3. The van der Waals surface area contributed by atoms with E-state index < -0.39 is 0 Å². The minimum atomic E-state index is -0.208. The average molecular weight is 477 g/mol. The largest absolute Gasteiger partial charge is 0.508 e. The molecule has 5 rings (SSSR count). The summed E-state index contributed by atoms with van der Waals surface area (Å²) in [5, 5.41) is 14.3. The summed E-state index contributed by atoms with van der Waals surface area (Å²) in [5.41, 5.74) is 3.67. The highest BCUT2D eigenvalue weighted by atomic mass is 35.5. The Balaban J connectivity index is 1.66. The fraction of sp³-hybridized carbons (Fsp3) is 0.120. The van der Waals surface area contributed by atoms with Crippen LogP contribution in [0, 0.1) is 0 Å². The van der Waals surface area contributed by atoms with Gasteiger partial charge in [-0.1, -0.05) is 17.7 Å². The Morgan fingerprint density at radius 3 is 2.52 bits per heavy atom. The van der Waals surface area contributed by atoms with Gasteiger partial charge >= 0.3 is 0 Å². The molecule has 2 N–H and O–H groups in total. The van der Waals surface area contributed by atoms with Crippen molar-refractivity contribution in [1.82, 2.24) is 14.9 Å². The summed E-state index contributed by atoms with van der Waals surface area (Å²) >= 11 is 12.3. The Morgan fingerprint density at radius 2 is 1.82 bits per heavy atom. The fourth-order valence-electron chi connectivity index (χ4n) is 4.22. The van der Waals surface area contributed by atoms with E-state index in [1.165, 1.54) is 0 Å². The van der Waals surface area contributed by atoms with Crippen LogP contribution in [-0.4, -0.2) is 26.9 Å². The van der Waals surface area contributed by atoms with Gasteiger partial charge in [-0.05, 0) is 78.9 Å². The summed E-state index contributed by atoms with van der Waals surface area (Å²) in [6.45, 7) is 0. The van der Waals surface area contributed by atoms with Crippen LogP contribution in [0.4, 0.5) is 5.69 Å². The van der Waals surface area contributed by atoms with Gasteiger partial charge in [0, 0.05) is 29.5 Å². The molecular formula is C25H21ClN4O2S. The minimum Gasteiger partial charge on any atom is -0.508 e. The lowest BCUT2D eigenvalue weighted by atomic mass is 10.0. The number of rotatable bonds is 5. The lowest BCUT2D eigenvalue weighted by Crippen LogP contribution is -2.30. The fourth-order valence-corrected chi connectivity index (χ4v) is 4.82. The van der Waals surface area contributed by atoms with Crippen molar-refractivity contribution in [2.75, 3.05) is 12.0 Å². The summed E-state index contributed by atoms with van der Waals surface area (Å²) in [5.74, 6) is 0.820. The highest BCUT2D eigenvalue weighted by Gasteiger charge is 2.42. The lowest BCUT2D eigenvalue weighted by molar-refractivity contribution is 0.415. The van der Waals surface area contributed by atoms with Crippen molar-refractivity contribution in [3.8, 4) is 17.2 Å². The molecule has 1 saturated heterocycles. The van der Waals surface area contributed by atoms with Crippen molar-refractivity contribution in [1.29, 1.82) is 0 Å². The molecule has 4 aromatic rings. The number of hydrogen-bond acceptors (Lipinski definition) is 4. The Morgan fingerprint density at radius 1 is 1.03 bits per heavy atom. The minimum absolute atomic E-state index is 0.189. The third-order valence-electron chi connectivity index (χ3n) is 5.72. The van der Waals surface area contributed by atoms with Crippen molar-refractivity contribution in [2.45, 2.75) is 12.1 Å². The summed E-state index contributed by atoms with van der Waals surface area (Å²) in [4.78, 5) is 6.67. The molecule has 1 fully saturated rings. The van der Waals surface area contributed by atoms with E-state index in [-0.39, 0.29) is 17.8 Å². The molecule has 1 aliphatic rings. The number of phenolic OH excluding ortho intramolecular Hbond substituents is 1. The molecule has 8 heteroatoms. The van der Waals surface area contributed by atoms with Crippen molar-refractivity contribution in [2.24, 2.45) is 0 Å². The van der Waals surface area contributed by atoms with E-state index in [1.54, 1.807) is 25.4 Å². The van der Waals surface area contributed by atoms with E-state index in [0.29, 0.717) is 15.9 Å². The number of aromatic nitrogens is 2. The Bertz CT molecular complexity index is 1290.